The molecule has 1 heterocycles. The molecule has 0 atom stereocenters. The van der Waals surface area contributed by atoms with Crippen LogP contribution in [0.4, 0.5) is 5.69 Å². The lowest BCUT2D eigenvalue weighted by atomic mass is 10.2. The lowest BCUT2D eigenvalue weighted by molar-refractivity contribution is 0.594. The summed E-state index contributed by atoms with van der Waals surface area (Å²) in [4.78, 5) is 4.21. The molecule has 0 aliphatic carbocycles. The Kier molecular flexibility index (Phi) is 5.37. The van der Waals surface area contributed by atoms with Crippen LogP contribution in [0.1, 0.15) is 5.56 Å². The van der Waals surface area contributed by atoms with E-state index in [9.17, 15) is 8.42 Å². The number of fused-ring (bicyclic) bond motifs is 1. The molecule has 3 rings (SSSR count). The summed E-state index contributed by atoms with van der Waals surface area (Å²) in [6.07, 6.45) is 0. The predicted octanol–water partition coefficient (Wildman–Crippen LogP) is 3.51. The molecule has 9 heteroatoms. The van der Waals surface area contributed by atoms with E-state index in [0.29, 0.717) is 21.5 Å². The number of aromatic nitrogens is 1. The molecule has 3 aromatic rings. The summed E-state index contributed by atoms with van der Waals surface area (Å²) in [6, 6.07) is 18.8. The van der Waals surface area contributed by atoms with Gasteiger partial charge in [-0.15, -0.1) is 11.3 Å². The van der Waals surface area contributed by atoms with Gasteiger partial charge in [0, 0.05) is 5.69 Å². The number of benzene rings is 2. The van der Waals surface area contributed by atoms with Crippen LogP contribution < -0.4 is 5.32 Å². The molecule has 0 spiro atoms. The van der Waals surface area contributed by atoms with Crippen LogP contribution in [0.2, 0.25) is 0 Å². The van der Waals surface area contributed by atoms with Crippen molar-refractivity contribution >= 4 is 37.1 Å². The van der Waals surface area contributed by atoms with Gasteiger partial charge in [0.05, 0.1) is 16.0 Å². The maximum atomic E-state index is 12.7. The van der Waals surface area contributed by atoms with E-state index >= 15 is 0 Å². The van der Waals surface area contributed by atoms with Crippen LogP contribution >= 0.6 is 11.3 Å². The zero-order valence-corrected chi connectivity index (χ0v) is 15.9. The van der Waals surface area contributed by atoms with Crippen molar-refractivity contribution in [3.05, 3.63) is 65.4 Å². The first kappa shape index (κ1) is 19.1. The number of hydrogen-bond donors (Lipinski definition) is 1. The van der Waals surface area contributed by atoms with Crippen LogP contribution in [-0.2, 0) is 15.6 Å². The normalized spacial score (nSPS) is 10.5. The second-order valence-electron chi connectivity index (χ2n) is 5.62. The van der Waals surface area contributed by atoms with Gasteiger partial charge in [-0.05, 0) is 23.8 Å². The van der Waals surface area contributed by atoms with E-state index < -0.39 is 9.84 Å². The molecule has 28 heavy (non-hydrogen) atoms. The number of anilines is 1. The van der Waals surface area contributed by atoms with Gasteiger partial charge in [0.2, 0.25) is 14.2 Å². The Labute approximate surface area is 165 Å². The highest BCUT2D eigenvalue weighted by molar-refractivity contribution is 7.92. The van der Waals surface area contributed by atoms with Crippen LogP contribution in [-0.4, -0.2) is 13.4 Å². The smallest absolute Gasteiger partial charge is 0.210 e. The first-order valence-corrected chi connectivity index (χ1v) is 10.3. The van der Waals surface area contributed by atoms with Crippen LogP contribution in [0.5, 0.6) is 0 Å². The Morgan fingerprint density at radius 2 is 1.75 bits per heavy atom. The fraction of sp³-hybridized carbons (Fsp3) is 0.0526. The largest absolute Gasteiger partial charge is 0.345 e. The molecule has 0 aliphatic heterocycles. The second-order valence-corrected chi connectivity index (χ2v) is 8.81. The number of nitriles is 3. The number of allylic oxidation sites excluding steroid dienone is 2. The topological polar surface area (TPSA) is 130 Å². The highest BCUT2D eigenvalue weighted by Gasteiger charge is 2.20. The minimum absolute atomic E-state index is 0.00860. The number of sulfone groups is 1. The Hall–Kier alpha value is -3.71. The van der Waals surface area contributed by atoms with Crippen molar-refractivity contribution in [1.82, 2.24) is 4.98 Å². The molecule has 136 valence electrons. The standard InChI is InChI=1S/C19H11N5O2S2/c20-9-14(10-21)17(11-22)23-15-6-7-16-18(8-15)27-19(24-16)28(25,26)12-13-4-2-1-3-5-13/h1-8,23H,12H2. The summed E-state index contributed by atoms with van der Waals surface area (Å²) in [6.45, 7) is 0. The van der Waals surface area contributed by atoms with Crippen molar-refractivity contribution < 1.29 is 8.42 Å². The van der Waals surface area contributed by atoms with Gasteiger partial charge in [-0.1, -0.05) is 30.3 Å². The monoisotopic (exact) mass is 405 g/mol. The van der Waals surface area contributed by atoms with E-state index in [1.54, 1.807) is 60.7 Å². The summed E-state index contributed by atoms with van der Waals surface area (Å²) in [5.74, 6) is -0.145. The zero-order chi connectivity index (χ0) is 20.1. The SMILES string of the molecule is N#CC(C#N)=C(C#N)Nc1ccc2nc(S(=O)(=O)Cc3ccccc3)sc2c1. The van der Waals surface area contributed by atoms with Crippen molar-refractivity contribution in [2.75, 3.05) is 5.32 Å². The number of rotatable bonds is 5. The Bertz CT molecular complexity index is 1290. The average Bonchev–Trinajstić information content (AvgIpc) is 3.13. The lowest BCUT2D eigenvalue weighted by Crippen LogP contribution is -2.04. The molecular weight excluding hydrogens is 394 g/mol. The fourth-order valence-electron chi connectivity index (χ4n) is 2.40. The molecule has 0 unspecified atom stereocenters. The number of nitrogens with one attached hydrogen (secondary N) is 1. The summed E-state index contributed by atoms with van der Waals surface area (Å²) in [7, 11) is -3.60. The van der Waals surface area contributed by atoms with Crippen molar-refractivity contribution in [2.45, 2.75) is 10.1 Å². The van der Waals surface area contributed by atoms with Gasteiger partial charge >= 0.3 is 0 Å². The first-order valence-electron chi connectivity index (χ1n) is 7.85. The summed E-state index contributed by atoms with van der Waals surface area (Å²) in [5.41, 5.74) is 1.12. The summed E-state index contributed by atoms with van der Waals surface area (Å²) in [5, 5.41) is 29.6. The molecule has 1 aromatic heterocycles. The molecule has 0 fully saturated rings. The number of nitrogens with zero attached hydrogens (tertiary/aromatic N) is 4. The van der Waals surface area contributed by atoms with E-state index in [2.05, 4.69) is 10.3 Å². The van der Waals surface area contributed by atoms with Gasteiger partial charge in [0.1, 0.15) is 23.9 Å². The molecule has 0 bridgehead atoms. The molecule has 7 nitrogen and oxygen atoms in total. The van der Waals surface area contributed by atoms with Crippen molar-refractivity contribution in [2.24, 2.45) is 0 Å². The number of thiazole rings is 1. The number of hydrogen-bond acceptors (Lipinski definition) is 8. The quantitative estimate of drug-likeness (QED) is 0.643. The van der Waals surface area contributed by atoms with Crippen LogP contribution in [0.3, 0.4) is 0 Å². The minimum Gasteiger partial charge on any atom is -0.345 e. The summed E-state index contributed by atoms with van der Waals surface area (Å²) < 4.78 is 25.9. The molecular formula is C19H11N5O2S2. The third-order valence-corrected chi connectivity index (χ3v) is 6.85. The van der Waals surface area contributed by atoms with E-state index in [1.807, 2.05) is 6.07 Å². The van der Waals surface area contributed by atoms with Gasteiger partial charge in [0.25, 0.3) is 0 Å². The van der Waals surface area contributed by atoms with Crippen LogP contribution in [0.25, 0.3) is 10.2 Å². The zero-order valence-electron chi connectivity index (χ0n) is 14.2. The van der Waals surface area contributed by atoms with Gasteiger partial charge < -0.3 is 5.32 Å². The molecule has 2 aromatic carbocycles. The minimum atomic E-state index is -3.60. The van der Waals surface area contributed by atoms with Crippen LogP contribution in [0, 0.1) is 34.0 Å². The predicted molar refractivity (Wildman–Crippen MR) is 104 cm³/mol. The molecule has 1 N–H and O–H groups in total. The van der Waals surface area contributed by atoms with Crippen molar-refractivity contribution in [3.8, 4) is 18.2 Å². The van der Waals surface area contributed by atoms with E-state index in [0.717, 1.165) is 11.3 Å². The first-order chi connectivity index (χ1) is 13.5. The maximum Gasteiger partial charge on any atom is 0.210 e. The fourth-order valence-corrected chi connectivity index (χ4v) is 5.08. The summed E-state index contributed by atoms with van der Waals surface area (Å²) >= 11 is 1.02. The third kappa shape index (κ3) is 3.99. The second kappa shape index (κ2) is 7.89. The highest BCUT2D eigenvalue weighted by atomic mass is 32.2. The maximum absolute atomic E-state index is 12.7. The molecule has 0 radical (unpaired) electrons. The average molecular weight is 405 g/mol. The highest BCUT2D eigenvalue weighted by Crippen LogP contribution is 2.30. The third-order valence-electron chi connectivity index (χ3n) is 3.69. The Balaban J connectivity index is 1.94. The molecule has 0 aliphatic rings. The molecule has 0 saturated carbocycles. The molecule has 0 saturated heterocycles. The Morgan fingerprint density at radius 1 is 1.04 bits per heavy atom. The van der Waals surface area contributed by atoms with Gasteiger partial charge in [-0.2, -0.15) is 15.8 Å². The lowest BCUT2D eigenvalue weighted by Gasteiger charge is -2.03. The van der Waals surface area contributed by atoms with E-state index in [-0.39, 0.29) is 21.4 Å². The van der Waals surface area contributed by atoms with Gasteiger partial charge in [-0.3, -0.25) is 0 Å². The van der Waals surface area contributed by atoms with Crippen LogP contribution in [0.15, 0.2) is 64.1 Å². The van der Waals surface area contributed by atoms with Gasteiger partial charge in [-0.25, -0.2) is 13.4 Å². The molecule has 0 amide bonds. The van der Waals surface area contributed by atoms with E-state index in [1.165, 1.54) is 0 Å². The van der Waals surface area contributed by atoms with Gasteiger partial charge in [0.15, 0.2) is 5.57 Å². The Morgan fingerprint density at radius 3 is 2.39 bits per heavy atom. The van der Waals surface area contributed by atoms with E-state index in [4.69, 9.17) is 15.8 Å². The van der Waals surface area contributed by atoms with Crippen molar-refractivity contribution in [1.29, 1.82) is 15.8 Å². The van der Waals surface area contributed by atoms with Crippen molar-refractivity contribution in [3.63, 3.8) is 0 Å².